The van der Waals surface area contributed by atoms with E-state index in [4.69, 9.17) is 5.26 Å². The number of amides is 1. The van der Waals surface area contributed by atoms with Crippen molar-refractivity contribution in [2.75, 3.05) is 11.9 Å². The van der Waals surface area contributed by atoms with Gasteiger partial charge in [0.1, 0.15) is 12.6 Å². The molecule has 0 bridgehead atoms. The van der Waals surface area contributed by atoms with Gasteiger partial charge in [0.2, 0.25) is 5.91 Å². The summed E-state index contributed by atoms with van der Waals surface area (Å²) in [5.74, 6) is 0.231. The van der Waals surface area contributed by atoms with E-state index in [1.165, 1.54) is 5.56 Å². The van der Waals surface area contributed by atoms with E-state index in [2.05, 4.69) is 74.9 Å². The highest BCUT2D eigenvalue weighted by atomic mass is 32.1. The fourth-order valence-corrected chi connectivity index (χ4v) is 3.72. The molecule has 1 heterocycles. The summed E-state index contributed by atoms with van der Waals surface area (Å²) in [5.41, 5.74) is 4.61. The summed E-state index contributed by atoms with van der Waals surface area (Å²) in [6.45, 7) is 10.8. The summed E-state index contributed by atoms with van der Waals surface area (Å²) in [5, 5.41) is 18.9. The van der Waals surface area contributed by atoms with Gasteiger partial charge in [0, 0.05) is 16.3 Å². The van der Waals surface area contributed by atoms with Crippen LogP contribution >= 0.6 is 11.3 Å². The minimum absolute atomic E-state index is 0.0276. The molecule has 5 heteroatoms. The fourth-order valence-electron chi connectivity index (χ4n) is 2.92. The number of carbonyl (C=O) groups excluding carboxylic acids is 1. The predicted octanol–water partition coefficient (Wildman–Crippen LogP) is 5.18. The first-order valence-corrected chi connectivity index (χ1v) is 10.2. The Balaban J connectivity index is 2.23. The summed E-state index contributed by atoms with van der Waals surface area (Å²) in [6.07, 6.45) is 0.704. The molecule has 0 radical (unpaired) electrons. The lowest BCUT2D eigenvalue weighted by Gasteiger charge is -2.21. The van der Waals surface area contributed by atoms with Crippen LogP contribution < -0.4 is 10.6 Å². The maximum Gasteiger partial charge on any atom is 0.243 e. The molecule has 27 heavy (non-hydrogen) atoms. The number of anilines is 1. The molecule has 0 fully saturated rings. The normalized spacial score (nSPS) is 12.5. The van der Waals surface area contributed by atoms with Crippen LogP contribution in [0, 0.1) is 17.2 Å². The third kappa shape index (κ3) is 5.83. The molecule has 0 saturated carbocycles. The highest BCUT2D eigenvalue weighted by Crippen LogP contribution is 2.34. The fraction of sp³-hybridized carbons (Fsp3) is 0.455. The average molecular weight is 384 g/mol. The van der Waals surface area contributed by atoms with Gasteiger partial charge in [-0.2, -0.15) is 5.26 Å². The molecule has 0 saturated heterocycles. The summed E-state index contributed by atoms with van der Waals surface area (Å²) in [7, 11) is 0. The van der Waals surface area contributed by atoms with Gasteiger partial charge in [0.15, 0.2) is 0 Å². The van der Waals surface area contributed by atoms with Gasteiger partial charge in [-0.05, 0) is 28.9 Å². The molecule has 1 aromatic heterocycles. The first-order chi connectivity index (χ1) is 12.7. The number of thiophene rings is 1. The number of hydrogen-bond acceptors (Lipinski definition) is 4. The van der Waals surface area contributed by atoms with Crippen LogP contribution in [-0.4, -0.2) is 18.5 Å². The lowest BCUT2D eigenvalue weighted by molar-refractivity contribution is -0.121. The number of hydrogen-bond donors (Lipinski definition) is 2. The van der Waals surface area contributed by atoms with Crippen molar-refractivity contribution in [1.29, 1.82) is 5.26 Å². The van der Waals surface area contributed by atoms with E-state index in [-0.39, 0.29) is 23.9 Å². The maximum absolute atomic E-state index is 12.4. The van der Waals surface area contributed by atoms with E-state index in [1.807, 2.05) is 11.4 Å². The summed E-state index contributed by atoms with van der Waals surface area (Å²) >= 11 is 1.61. The number of nitrogens with one attached hydrogen (secondary N) is 2. The van der Waals surface area contributed by atoms with E-state index in [9.17, 15) is 4.79 Å². The van der Waals surface area contributed by atoms with Crippen LogP contribution in [0.2, 0.25) is 0 Å². The molecule has 0 spiro atoms. The summed E-state index contributed by atoms with van der Waals surface area (Å²) in [4.78, 5) is 12.4. The van der Waals surface area contributed by atoms with Gasteiger partial charge in [-0.15, -0.1) is 11.3 Å². The van der Waals surface area contributed by atoms with E-state index in [0.29, 0.717) is 12.3 Å². The van der Waals surface area contributed by atoms with Gasteiger partial charge in [-0.1, -0.05) is 58.9 Å². The maximum atomic E-state index is 12.4. The van der Waals surface area contributed by atoms with Crippen molar-refractivity contribution in [3.05, 3.63) is 40.6 Å². The molecule has 0 aliphatic carbocycles. The second-order valence-electron chi connectivity index (χ2n) is 8.23. The quantitative estimate of drug-likeness (QED) is 0.648. The van der Waals surface area contributed by atoms with Gasteiger partial charge in [0.25, 0.3) is 0 Å². The van der Waals surface area contributed by atoms with Crippen molar-refractivity contribution < 1.29 is 4.79 Å². The van der Waals surface area contributed by atoms with E-state index < -0.39 is 0 Å². The van der Waals surface area contributed by atoms with Crippen LogP contribution in [0.25, 0.3) is 11.1 Å². The largest absolute Gasteiger partial charge is 0.372 e. The number of nitrogens with zero attached hydrogens (tertiary/aromatic N) is 1. The monoisotopic (exact) mass is 383 g/mol. The molecule has 0 aliphatic heterocycles. The third-order valence-corrected chi connectivity index (χ3v) is 5.16. The Bertz CT molecular complexity index is 794. The van der Waals surface area contributed by atoms with Crippen molar-refractivity contribution in [2.45, 2.75) is 52.5 Å². The summed E-state index contributed by atoms with van der Waals surface area (Å²) < 4.78 is 0. The Morgan fingerprint density at radius 1 is 1.19 bits per heavy atom. The molecule has 1 aromatic carbocycles. The van der Waals surface area contributed by atoms with Crippen molar-refractivity contribution in [2.24, 2.45) is 5.92 Å². The van der Waals surface area contributed by atoms with Gasteiger partial charge >= 0.3 is 0 Å². The van der Waals surface area contributed by atoms with E-state index in [1.54, 1.807) is 11.3 Å². The first-order valence-electron chi connectivity index (χ1n) is 9.30. The Labute approximate surface area is 166 Å². The van der Waals surface area contributed by atoms with Gasteiger partial charge < -0.3 is 10.6 Å². The molecule has 1 atom stereocenters. The van der Waals surface area contributed by atoms with Gasteiger partial charge in [-0.3, -0.25) is 4.79 Å². The SMILES string of the molecule is CC(C)C[C@H](Nc1cscc1-c1ccc(C(C)(C)C)cc1)C(=O)NCC#N. The smallest absolute Gasteiger partial charge is 0.243 e. The second-order valence-corrected chi connectivity index (χ2v) is 8.97. The molecular formula is C22H29N3OS. The number of nitriles is 1. The van der Waals surface area contributed by atoms with Crippen molar-refractivity contribution in [3.8, 4) is 17.2 Å². The van der Waals surface area contributed by atoms with Crippen LogP contribution in [0.3, 0.4) is 0 Å². The molecule has 144 valence electrons. The first kappa shape index (κ1) is 21.0. The van der Waals surface area contributed by atoms with Crippen LogP contribution in [0.15, 0.2) is 35.0 Å². The van der Waals surface area contributed by atoms with Crippen LogP contribution in [0.5, 0.6) is 0 Å². The van der Waals surface area contributed by atoms with Crippen molar-refractivity contribution >= 4 is 22.9 Å². The Kier molecular flexibility index (Phi) is 7.04. The minimum atomic E-state index is -0.361. The zero-order chi connectivity index (χ0) is 20.0. The van der Waals surface area contributed by atoms with Crippen molar-refractivity contribution in [3.63, 3.8) is 0 Å². The van der Waals surface area contributed by atoms with E-state index in [0.717, 1.165) is 16.8 Å². The zero-order valence-corrected chi connectivity index (χ0v) is 17.6. The highest BCUT2D eigenvalue weighted by molar-refractivity contribution is 7.08. The van der Waals surface area contributed by atoms with Gasteiger partial charge in [-0.25, -0.2) is 0 Å². The number of carbonyl (C=O) groups is 1. The second kappa shape index (κ2) is 9.05. The molecule has 0 aliphatic rings. The summed E-state index contributed by atoms with van der Waals surface area (Å²) in [6, 6.07) is 10.2. The topological polar surface area (TPSA) is 64.9 Å². The molecule has 2 rings (SSSR count). The molecule has 4 nitrogen and oxygen atoms in total. The molecule has 0 unspecified atom stereocenters. The van der Waals surface area contributed by atoms with E-state index >= 15 is 0 Å². The Hall–Kier alpha value is -2.32. The van der Waals surface area contributed by atoms with Crippen LogP contribution in [0.4, 0.5) is 5.69 Å². The van der Waals surface area contributed by atoms with Crippen LogP contribution in [-0.2, 0) is 10.2 Å². The Morgan fingerprint density at radius 3 is 2.41 bits per heavy atom. The lowest BCUT2D eigenvalue weighted by atomic mass is 9.86. The van der Waals surface area contributed by atoms with Gasteiger partial charge in [0.05, 0.1) is 11.8 Å². The zero-order valence-electron chi connectivity index (χ0n) is 16.8. The molecule has 1 amide bonds. The molecular weight excluding hydrogens is 354 g/mol. The minimum Gasteiger partial charge on any atom is -0.372 e. The lowest BCUT2D eigenvalue weighted by Crippen LogP contribution is -2.40. The highest BCUT2D eigenvalue weighted by Gasteiger charge is 2.21. The van der Waals surface area contributed by atoms with Crippen molar-refractivity contribution in [1.82, 2.24) is 5.32 Å². The average Bonchev–Trinajstić information content (AvgIpc) is 3.06. The van der Waals surface area contributed by atoms with Crippen LogP contribution in [0.1, 0.15) is 46.6 Å². The number of benzene rings is 1. The predicted molar refractivity (Wildman–Crippen MR) is 114 cm³/mol. The molecule has 2 N–H and O–H groups in total. The molecule has 2 aromatic rings. The Morgan fingerprint density at radius 2 is 1.85 bits per heavy atom. The number of rotatable bonds is 7. The standard InChI is InChI=1S/C22H29N3OS/c1-15(2)12-19(21(26)24-11-10-23)25-20-14-27-13-18(20)16-6-8-17(9-7-16)22(3,4)5/h6-9,13-15,19,25H,11-12H2,1-5H3,(H,24,26)/t19-/m0/s1. The third-order valence-electron chi connectivity index (χ3n) is 4.42.